The third-order valence-corrected chi connectivity index (χ3v) is 3.54. The summed E-state index contributed by atoms with van der Waals surface area (Å²) in [6.07, 6.45) is 2.41. The van der Waals surface area contributed by atoms with Crippen molar-refractivity contribution in [3.8, 4) is 0 Å². The Labute approximate surface area is 97.1 Å². The standard InChI is InChI=1S/C10H13N3O2S/c1-6(14)7-5-16-9(12-7)13-8(15)10(11)3-2-4-10/h5H,2-4,11H2,1H3,(H,12,13,15). The number of carbonyl (C=O) groups is 2. The molecule has 0 radical (unpaired) electrons. The lowest BCUT2D eigenvalue weighted by Crippen LogP contribution is -2.56. The Morgan fingerprint density at radius 1 is 1.56 bits per heavy atom. The van der Waals surface area contributed by atoms with Gasteiger partial charge in [-0.25, -0.2) is 4.98 Å². The highest BCUT2D eigenvalue weighted by atomic mass is 32.1. The van der Waals surface area contributed by atoms with Crippen LogP contribution >= 0.6 is 11.3 Å². The van der Waals surface area contributed by atoms with Gasteiger partial charge >= 0.3 is 0 Å². The molecule has 1 heterocycles. The Bertz CT molecular complexity index is 437. The maximum Gasteiger partial charge on any atom is 0.246 e. The van der Waals surface area contributed by atoms with Crippen LogP contribution in [0, 0.1) is 0 Å². The van der Waals surface area contributed by atoms with E-state index in [1.54, 1.807) is 5.38 Å². The maximum atomic E-state index is 11.7. The third kappa shape index (κ3) is 1.98. The van der Waals surface area contributed by atoms with Crippen LogP contribution in [-0.4, -0.2) is 22.2 Å². The number of nitrogens with one attached hydrogen (secondary N) is 1. The normalized spacial score (nSPS) is 17.6. The Morgan fingerprint density at radius 2 is 2.25 bits per heavy atom. The number of carbonyl (C=O) groups excluding carboxylic acids is 2. The predicted molar refractivity (Wildman–Crippen MR) is 61.5 cm³/mol. The quantitative estimate of drug-likeness (QED) is 0.775. The first-order valence-electron chi connectivity index (χ1n) is 5.08. The fraction of sp³-hybridized carbons (Fsp3) is 0.500. The van der Waals surface area contributed by atoms with Gasteiger partial charge < -0.3 is 11.1 Å². The minimum Gasteiger partial charge on any atom is -0.317 e. The van der Waals surface area contributed by atoms with Crippen LogP contribution < -0.4 is 11.1 Å². The van der Waals surface area contributed by atoms with E-state index >= 15 is 0 Å². The van der Waals surface area contributed by atoms with Crippen LogP contribution in [0.1, 0.15) is 36.7 Å². The Morgan fingerprint density at radius 3 is 2.69 bits per heavy atom. The van der Waals surface area contributed by atoms with Crippen molar-refractivity contribution in [1.29, 1.82) is 0 Å². The van der Waals surface area contributed by atoms with Crippen molar-refractivity contribution >= 4 is 28.2 Å². The van der Waals surface area contributed by atoms with Crippen molar-refractivity contribution < 1.29 is 9.59 Å². The fourth-order valence-electron chi connectivity index (χ4n) is 1.50. The van der Waals surface area contributed by atoms with Crippen LogP contribution in [0.5, 0.6) is 0 Å². The van der Waals surface area contributed by atoms with E-state index in [0.717, 1.165) is 6.42 Å². The molecule has 0 unspecified atom stereocenters. The van der Waals surface area contributed by atoms with Crippen molar-refractivity contribution in [2.75, 3.05) is 5.32 Å². The summed E-state index contributed by atoms with van der Waals surface area (Å²) in [5, 5.41) is 4.71. The van der Waals surface area contributed by atoms with Crippen LogP contribution in [0.25, 0.3) is 0 Å². The number of hydrogen-bond donors (Lipinski definition) is 2. The van der Waals surface area contributed by atoms with Crippen molar-refractivity contribution in [2.45, 2.75) is 31.7 Å². The SMILES string of the molecule is CC(=O)c1csc(NC(=O)C2(N)CCC2)n1. The molecule has 1 aliphatic carbocycles. The summed E-state index contributed by atoms with van der Waals surface area (Å²) in [6, 6.07) is 0. The second-order valence-corrected chi connectivity index (χ2v) is 4.92. The Hall–Kier alpha value is -1.27. The van der Waals surface area contributed by atoms with Gasteiger partial charge in [0.25, 0.3) is 0 Å². The van der Waals surface area contributed by atoms with Gasteiger partial charge in [-0.05, 0) is 19.3 Å². The zero-order valence-corrected chi connectivity index (χ0v) is 9.76. The Kier molecular flexibility index (Phi) is 2.77. The minimum atomic E-state index is -0.734. The van der Waals surface area contributed by atoms with Crippen LogP contribution in [0.4, 0.5) is 5.13 Å². The molecule has 0 aliphatic heterocycles. The maximum absolute atomic E-state index is 11.7. The highest BCUT2D eigenvalue weighted by Crippen LogP contribution is 2.30. The summed E-state index contributed by atoms with van der Waals surface area (Å²) in [5.74, 6) is -0.314. The molecule has 1 aliphatic rings. The van der Waals surface area contributed by atoms with Crippen molar-refractivity contribution in [1.82, 2.24) is 4.98 Å². The number of amides is 1. The molecular weight excluding hydrogens is 226 g/mol. The lowest BCUT2D eigenvalue weighted by Gasteiger charge is -2.35. The molecule has 2 rings (SSSR count). The number of thiazole rings is 1. The van der Waals surface area contributed by atoms with E-state index in [1.807, 2.05) is 0 Å². The van der Waals surface area contributed by atoms with E-state index in [1.165, 1.54) is 18.3 Å². The van der Waals surface area contributed by atoms with Crippen LogP contribution in [0.3, 0.4) is 0 Å². The van der Waals surface area contributed by atoms with Gasteiger partial charge in [-0.3, -0.25) is 9.59 Å². The molecule has 16 heavy (non-hydrogen) atoms. The van der Waals surface area contributed by atoms with Crippen LogP contribution in [0.15, 0.2) is 5.38 Å². The minimum absolute atomic E-state index is 0.108. The van der Waals surface area contributed by atoms with Gasteiger partial charge in [0.15, 0.2) is 10.9 Å². The average Bonchev–Trinajstić information content (AvgIpc) is 2.62. The topological polar surface area (TPSA) is 85.1 Å². The molecule has 1 amide bonds. The van der Waals surface area contributed by atoms with Gasteiger partial charge in [0.05, 0.1) is 5.54 Å². The van der Waals surface area contributed by atoms with Crippen molar-refractivity contribution in [2.24, 2.45) is 5.73 Å². The monoisotopic (exact) mass is 239 g/mol. The molecule has 0 saturated heterocycles. The first-order chi connectivity index (χ1) is 7.51. The van der Waals surface area contributed by atoms with Gasteiger partial charge in [-0.2, -0.15) is 0 Å². The zero-order chi connectivity index (χ0) is 11.8. The number of rotatable bonds is 3. The van der Waals surface area contributed by atoms with Gasteiger partial charge in [0.2, 0.25) is 5.91 Å². The zero-order valence-electron chi connectivity index (χ0n) is 8.95. The highest BCUT2D eigenvalue weighted by Gasteiger charge is 2.40. The lowest BCUT2D eigenvalue weighted by molar-refractivity contribution is -0.123. The molecule has 1 fully saturated rings. The van der Waals surface area contributed by atoms with Gasteiger partial charge in [0, 0.05) is 12.3 Å². The molecule has 3 N–H and O–H groups in total. The number of hydrogen-bond acceptors (Lipinski definition) is 5. The molecule has 0 bridgehead atoms. The Balaban J connectivity index is 2.03. The molecule has 0 atom stereocenters. The molecule has 86 valence electrons. The molecule has 0 spiro atoms. The lowest BCUT2D eigenvalue weighted by atomic mass is 9.77. The smallest absolute Gasteiger partial charge is 0.246 e. The van der Waals surface area contributed by atoms with Gasteiger partial charge in [-0.15, -0.1) is 11.3 Å². The summed E-state index contributed by atoms with van der Waals surface area (Å²) >= 11 is 1.24. The average molecular weight is 239 g/mol. The highest BCUT2D eigenvalue weighted by molar-refractivity contribution is 7.14. The largest absolute Gasteiger partial charge is 0.317 e. The number of ketones is 1. The van der Waals surface area contributed by atoms with E-state index < -0.39 is 5.54 Å². The summed E-state index contributed by atoms with van der Waals surface area (Å²) in [5.41, 5.74) is 5.50. The van der Waals surface area contributed by atoms with E-state index in [4.69, 9.17) is 5.73 Å². The van der Waals surface area contributed by atoms with Crippen LogP contribution in [0.2, 0.25) is 0 Å². The van der Waals surface area contributed by atoms with E-state index in [-0.39, 0.29) is 11.7 Å². The molecule has 1 aromatic rings. The number of aromatic nitrogens is 1. The second kappa shape index (κ2) is 3.95. The number of nitrogens with zero attached hydrogens (tertiary/aromatic N) is 1. The molecule has 6 heteroatoms. The number of nitrogens with two attached hydrogens (primary N) is 1. The summed E-state index contributed by atoms with van der Waals surface area (Å²) < 4.78 is 0. The summed E-state index contributed by atoms with van der Waals surface area (Å²) in [7, 11) is 0. The summed E-state index contributed by atoms with van der Waals surface area (Å²) in [4.78, 5) is 26.8. The first kappa shape index (κ1) is 11.2. The predicted octanol–water partition coefficient (Wildman–Crippen LogP) is 1.17. The molecule has 5 nitrogen and oxygen atoms in total. The van der Waals surface area contributed by atoms with Crippen LogP contribution in [-0.2, 0) is 4.79 Å². The first-order valence-corrected chi connectivity index (χ1v) is 5.96. The van der Waals surface area contributed by atoms with Crippen molar-refractivity contribution in [3.05, 3.63) is 11.1 Å². The summed E-state index contributed by atoms with van der Waals surface area (Å²) in [6.45, 7) is 1.44. The molecular formula is C10H13N3O2S. The van der Waals surface area contributed by atoms with Gasteiger partial charge in [-0.1, -0.05) is 0 Å². The van der Waals surface area contributed by atoms with Gasteiger partial charge in [0.1, 0.15) is 5.69 Å². The van der Waals surface area contributed by atoms with E-state index in [9.17, 15) is 9.59 Å². The molecule has 1 saturated carbocycles. The molecule has 1 aromatic heterocycles. The number of Topliss-reactive ketones (excluding diaryl/α,β-unsaturated/α-hetero) is 1. The fourth-order valence-corrected chi connectivity index (χ4v) is 2.24. The third-order valence-electron chi connectivity index (χ3n) is 2.78. The second-order valence-electron chi connectivity index (χ2n) is 4.06. The van der Waals surface area contributed by atoms with Crippen molar-refractivity contribution in [3.63, 3.8) is 0 Å². The molecule has 0 aromatic carbocycles. The number of anilines is 1. The van der Waals surface area contributed by atoms with E-state index in [0.29, 0.717) is 23.7 Å². The van der Waals surface area contributed by atoms with E-state index in [2.05, 4.69) is 10.3 Å².